The smallest absolute Gasteiger partial charge is 1.00 e. The van der Waals surface area contributed by atoms with E-state index >= 15 is 0 Å². The second kappa shape index (κ2) is 26.1. The molecule has 0 aliphatic carbocycles. The molecule has 42 valence electrons. The standard InChI is InChI=1S/C2H6O2.Cd.2ClH/c3-1-2-4;;;/h3-4H,1-2H2;;2*1H/q;+2;;/p-2. The van der Waals surface area contributed by atoms with E-state index in [0.29, 0.717) is 0 Å². The summed E-state index contributed by atoms with van der Waals surface area (Å²) in [5.74, 6) is 0. The number of aliphatic hydroxyl groups is 2. The van der Waals surface area contributed by atoms with Crippen LogP contribution in [0.2, 0.25) is 0 Å². The summed E-state index contributed by atoms with van der Waals surface area (Å²) in [6, 6.07) is 0. The van der Waals surface area contributed by atoms with E-state index in [-0.39, 0.29) is 65.3 Å². The Bertz CT molecular complexity index is 15.7. The van der Waals surface area contributed by atoms with Crippen LogP contribution in [0.25, 0.3) is 0 Å². The van der Waals surface area contributed by atoms with Gasteiger partial charge in [-0.1, -0.05) is 0 Å². The summed E-state index contributed by atoms with van der Waals surface area (Å²) in [7, 11) is 0. The van der Waals surface area contributed by atoms with Gasteiger partial charge in [0, 0.05) is 0 Å². The van der Waals surface area contributed by atoms with Crippen molar-refractivity contribution in [1.82, 2.24) is 0 Å². The maximum atomic E-state index is 7.62. The van der Waals surface area contributed by atoms with Crippen LogP contribution in [0.5, 0.6) is 0 Å². The van der Waals surface area contributed by atoms with Crippen LogP contribution in [-0.2, 0) is 27.3 Å². The molecule has 0 heterocycles. The van der Waals surface area contributed by atoms with E-state index in [0.717, 1.165) is 0 Å². The molecule has 2 N–H and O–H groups in total. The summed E-state index contributed by atoms with van der Waals surface area (Å²) in [5.41, 5.74) is 0. The average molecular weight is 245 g/mol. The Balaban J connectivity index is -0.0000000150. The third-order valence-electron chi connectivity index (χ3n) is 0.1000. The van der Waals surface area contributed by atoms with Gasteiger partial charge >= 0.3 is 27.3 Å². The zero-order chi connectivity index (χ0) is 3.41. The van der Waals surface area contributed by atoms with Crippen LogP contribution in [0.4, 0.5) is 0 Å². The molecule has 0 atom stereocenters. The van der Waals surface area contributed by atoms with Crippen LogP contribution in [-0.4, -0.2) is 23.4 Å². The number of aliphatic hydroxyl groups excluding tert-OH is 2. The van der Waals surface area contributed by atoms with Crippen molar-refractivity contribution in [3.8, 4) is 0 Å². The van der Waals surface area contributed by atoms with E-state index in [4.69, 9.17) is 10.2 Å². The largest absolute Gasteiger partial charge is 2.00 e. The van der Waals surface area contributed by atoms with E-state index in [2.05, 4.69) is 0 Å². The van der Waals surface area contributed by atoms with Crippen molar-refractivity contribution >= 4 is 0 Å². The minimum atomic E-state index is -0.125. The number of halogens is 2. The van der Waals surface area contributed by atoms with Gasteiger partial charge in [0.25, 0.3) is 0 Å². The molecule has 0 radical (unpaired) electrons. The molecule has 0 rings (SSSR count). The Morgan fingerprint density at radius 1 is 0.857 bits per heavy atom. The van der Waals surface area contributed by atoms with Crippen molar-refractivity contribution in [3.05, 3.63) is 0 Å². The van der Waals surface area contributed by atoms with Crippen LogP contribution < -0.4 is 24.8 Å². The number of hydrogen-bond acceptors (Lipinski definition) is 2. The van der Waals surface area contributed by atoms with Gasteiger partial charge in [0.1, 0.15) is 0 Å². The Morgan fingerprint density at radius 3 is 1.00 bits per heavy atom. The first-order valence-electron chi connectivity index (χ1n) is 1.13. The predicted octanol–water partition coefficient (Wildman–Crippen LogP) is -7.02. The summed E-state index contributed by atoms with van der Waals surface area (Å²) in [6.45, 7) is -0.250. The third kappa shape index (κ3) is 37.2. The van der Waals surface area contributed by atoms with Crippen molar-refractivity contribution in [2.75, 3.05) is 13.2 Å². The average Bonchev–Trinajstić information content (AvgIpc) is 1.37. The molecule has 5 heteroatoms. The van der Waals surface area contributed by atoms with Crippen LogP contribution in [0, 0.1) is 0 Å². The van der Waals surface area contributed by atoms with Gasteiger partial charge in [-0.25, -0.2) is 0 Å². The van der Waals surface area contributed by atoms with Crippen LogP contribution in [0.1, 0.15) is 0 Å². The van der Waals surface area contributed by atoms with Gasteiger partial charge in [0.15, 0.2) is 0 Å². The summed E-state index contributed by atoms with van der Waals surface area (Å²) < 4.78 is 0. The molecule has 0 saturated heterocycles. The normalized spacial score (nSPS) is 4.29. The van der Waals surface area contributed by atoms with E-state index in [1.165, 1.54) is 0 Å². The van der Waals surface area contributed by atoms with Gasteiger partial charge < -0.3 is 35.0 Å². The molecule has 0 spiro atoms. The van der Waals surface area contributed by atoms with Crippen molar-refractivity contribution in [1.29, 1.82) is 0 Å². The Morgan fingerprint density at radius 2 is 1.00 bits per heavy atom. The molecule has 0 bridgehead atoms. The maximum Gasteiger partial charge on any atom is 2.00 e. The minimum absolute atomic E-state index is 0. The fraction of sp³-hybridized carbons (Fsp3) is 1.00. The molecular formula is C2H6CdCl2O2. The minimum Gasteiger partial charge on any atom is -1.00 e. The summed E-state index contributed by atoms with van der Waals surface area (Å²) in [6.07, 6.45) is 0. The van der Waals surface area contributed by atoms with Gasteiger partial charge in [-0.3, -0.25) is 0 Å². The Labute approximate surface area is 75.3 Å². The topological polar surface area (TPSA) is 40.5 Å². The molecule has 0 aromatic rings. The molecule has 0 aliphatic rings. The van der Waals surface area contributed by atoms with Crippen molar-refractivity contribution in [2.45, 2.75) is 0 Å². The van der Waals surface area contributed by atoms with Crippen molar-refractivity contribution < 1.29 is 62.3 Å². The monoisotopic (exact) mass is 246 g/mol. The summed E-state index contributed by atoms with van der Waals surface area (Å²) >= 11 is 0. The zero-order valence-electron chi connectivity index (χ0n) is 3.77. The molecule has 0 saturated carbocycles. The molecule has 2 nitrogen and oxygen atoms in total. The SMILES string of the molecule is OCCO.[Cd+2].[Cl-].[Cl-]. The zero-order valence-corrected chi connectivity index (χ0v) is 9.32. The molecule has 0 aliphatic heterocycles. The van der Waals surface area contributed by atoms with E-state index in [1.54, 1.807) is 0 Å². The van der Waals surface area contributed by atoms with Gasteiger partial charge in [0.2, 0.25) is 0 Å². The Kier molecular flexibility index (Phi) is 88.6. The Hall–Kier alpha value is 1.42. The van der Waals surface area contributed by atoms with Crippen molar-refractivity contribution in [3.63, 3.8) is 0 Å². The van der Waals surface area contributed by atoms with Gasteiger partial charge in [0.05, 0.1) is 13.2 Å². The fourth-order valence-corrected chi connectivity index (χ4v) is 0. The molecule has 7 heavy (non-hydrogen) atoms. The van der Waals surface area contributed by atoms with E-state index in [1.807, 2.05) is 0 Å². The van der Waals surface area contributed by atoms with Gasteiger partial charge in [-0.15, -0.1) is 0 Å². The molecule has 0 unspecified atom stereocenters. The molecule has 0 amide bonds. The van der Waals surface area contributed by atoms with Crippen LogP contribution >= 0.6 is 0 Å². The third-order valence-corrected chi connectivity index (χ3v) is 0.1000. The first-order valence-corrected chi connectivity index (χ1v) is 1.13. The molecule has 0 aromatic carbocycles. The van der Waals surface area contributed by atoms with Crippen LogP contribution in [0.3, 0.4) is 0 Å². The molecule has 0 fully saturated rings. The second-order valence-electron chi connectivity index (χ2n) is 0.447. The fourth-order valence-electron chi connectivity index (χ4n) is 0. The molecule has 0 aromatic heterocycles. The van der Waals surface area contributed by atoms with Gasteiger partial charge in [-0.2, -0.15) is 0 Å². The quantitative estimate of drug-likeness (QED) is 0.451. The van der Waals surface area contributed by atoms with Crippen molar-refractivity contribution in [2.24, 2.45) is 0 Å². The first-order chi connectivity index (χ1) is 1.91. The van der Waals surface area contributed by atoms with Crippen LogP contribution in [0.15, 0.2) is 0 Å². The summed E-state index contributed by atoms with van der Waals surface area (Å²) in [4.78, 5) is 0. The summed E-state index contributed by atoms with van der Waals surface area (Å²) in [5, 5.41) is 15.2. The number of rotatable bonds is 1. The number of hydrogen-bond donors (Lipinski definition) is 2. The second-order valence-corrected chi connectivity index (χ2v) is 0.447. The first kappa shape index (κ1) is 23.7. The molecular weight excluding hydrogens is 239 g/mol. The van der Waals surface area contributed by atoms with Gasteiger partial charge in [-0.05, 0) is 0 Å². The van der Waals surface area contributed by atoms with E-state index in [9.17, 15) is 0 Å². The predicted molar refractivity (Wildman–Crippen MR) is 14.2 cm³/mol. The maximum absolute atomic E-state index is 7.62. The van der Waals surface area contributed by atoms with E-state index < -0.39 is 0 Å².